The fraction of sp³-hybridized carbons (Fsp3) is 0.235. The molecule has 0 radical (unpaired) electrons. The van der Waals surface area contributed by atoms with E-state index in [-0.39, 0.29) is 0 Å². The van der Waals surface area contributed by atoms with Gasteiger partial charge in [-0.05, 0) is 30.7 Å². The Labute approximate surface area is 126 Å². The van der Waals surface area contributed by atoms with Crippen LogP contribution in [0.25, 0.3) is 0 Å². The molecule has 2 aromatic rings. The van der Waals surface area contributed by atoms with Crippen molar-refractivity contribution < 1.29 is 0 Å². The van der Waals surface area contributed by atoms with E-state index in [1.54, 1.807) is 0 Å². The highest BCUT2D eigenvalue weighted by molar-refractivity contribution is 8.28. The fourth-order valence-corrected chi connectivity index (χ4v) is 5.42. The van der Waals surface area contributed by atoms with Crippen molar-refractivity contribution in [2.45, 2.75) is 31.5 Å². The quantitative estimate of drug-likeness (QED) is 0.523. The number of hydrogen-bond acceptors (Lipinski definition) is 2. The predicted molar refractivity (Wildman–Crippen MR) is 94.1 cm³/mol. The molecule has 0 aliphatic carbocycles. The normalized spacial score (nSPS) is 12.0. The number of aliphatic imine (C=N–C) groups is 1. The molecule has 0 saturated carbocycles. The molecule has 0 N–H and O–H groups in total. The van der Waals surface area contributed by atoms with E-state index in [9.17, 15) is 0 Å². The van der Waals surface area contributed by atoms with Crippen LogP contribution in [0.15, 0.2) is 58.4 Å². The minimum Gasteiger partial charge on any atom is -0.256 e. The van der Waals surface area contributed by atoms with Gasteiger partial charge in [-0.2, -0.15) is 11.2 Å². The zero-order valence-electron chi connectivity index (χ0n) is 12.6. The number of rotatable bonds is 4. The third kappa shape index (κ3) is 4.98. The molecule has 0 atom stereocenters. The number of hydrogen-bond donors (Lipinski definition) is 0. The Morgan fingerprint density at radius 1 is 1.00 bits per heavy atom. The first-order chi connectivity index (χ1) is 9.42. The summed E-state index contributed by atoms with van der Waals surface area (Å²) in [4.78, 5) is 5.91. The van der Waals surface area contributed by atoms with Crippen molar-refractivity contribution in [1.82, 2.24) is 0 Å². The van der Waals surface area contributed by atoms with Gasteiger partial charge in [-0.3, -0.25) is 4.99 Å². The minimum atomic E-state index is -1.15. The first kappa shape index (κ1) is 15.1. The summed E-state index contributed by atoms with van der Waals surface area (Å²) in [6.07, 6.45) is 1.94. The van der Waals surface area contributed by atoms with Gasteiger partial charge in [0.05, 0.1) is 5.69 Å². The van der Waals surface area contributed by atoms with Gasteiger partial charge in [-0.25, -0.2) is 0 Å². The number of nitrogens with zero attached hydrogens (tertiary/aromatic N) is 1. The Balaban J connectivity index is 2.15. The van der Waals surface area contributed by atoms with Crippen LogP contribution in [0.1, 0.15) is 11.1 Å². The maximum atomic E-state index is 4.59. The van der Waals surface area contributed by atoms with Crippen molar-refractivity contribution >= 4 is 30.3 Å². The third-order valence-electron chi connectivity index (χ3n) is 2.65. The molecule has 0 aliphatic rings. The Hall–Kier alpha value is -1.32. The van der Waals surface area contributed by atoms with Crippen LogP contribution >= 0.6 is 11.2 Å². The molecule has 0 amide bonds. The van der Waals surface area contributed by atoms with Crippen molar-refractivity contribution in [3.63, 3.8) is 0 Å². The highest BCUT2D eigenvalue weighted by atomic mass is 32.4. The summed E-state index contributed by atoms with van der Waals surface area (Å²) < 4.78 is 0. The smallest absolute Gasteiger partial charge is 0.114 e. The van der Waals surface area contributed by atoms with Crippen LogP contribution in [0.2, 0.25) is 19.6 Å². The topological polar surface area (TPSA) is 12.4 Å². The van der Waals surface area contributed by atoms with Gasteiger partial charge in [0.25, 0.3) is 0 Å². The second kappa shape index (κ2) is 6.42. The monoisotopic (exact) mass is 299 g/mol. The standard InChI is InChI=1S/C17H21NSSi/c1-14-7-5-8-15(11-14)13-18-16-9-6-10-17(12-16)19-20(2,3)4/h5-13H,1-4H3/b18-13+. The molecule has 20 heavy (non-hydrogen) atoms. The summed E-state index contributed by atoms with van der Waals surface area (Å²) in [7, 11) is -1.15. The van der Waals surface area contributed by atoms with E-state index >= 15 is 0 Å². The molecule has 0 unspecified atom stereocenters. The van der Waals surface area contributed by atoms with Crippen LogP contribution in [-0.4, -0.2) is 13.4 Å². The Bertz CT molecular complexity index is 614. The van der Waals surface area contributed by atoms with Gasteiger partial charge >= 0.3 is 0 Å². The van der Waals surface area contributed by atoms with E-state index < -0.39 is 7.22 Å². The number of aryl methyl sites for hydroxylation is 1. The summed E-state index contributed by atoms with van der Waals surface area (Å²) in [5.74, 6) is 0. The number of benzene rings is 2. The van der Waals surface area contributed by atoms with Gasteiger partial charge in [0, 0.05) is 11.1 Å². The molecule has 0 bridgehead atoms. The second-order valence-corrected chi connectivity index (χ2v) is 15.1. The summed E-state index contributed by atoms with van der Waals surface area (Å²) in [6, 6.07) is 16.9. The van der Waals surface area contributed by atoms with E-state index in [0.29, 0.717) is 0 Å². The average Bonchev–Trinajstić information content (AvgIpc) is 2.35. The zero-order valence-corrected chi connectivity index (χ0v) is 14.4. The van der Waals surface area contributed by atoms with E-state index in [0.717, 1.165) is 11.3 Å². The van der Waals surface area contributed by atoms with Crippen LogP contribution in [0.4, 0.5) is 5.69 Å². The molecule has 0 fully saturated rings. The van der Waals surface area contributed by atoms with Gasteiger partial charge < -0.3 is 0 Å². The van der Waals surface area contributed by atoms with E-state index in [4.69, 9.17) is 0 Å². The summed E-state index contributed by atoms with van der Waals surface area (Å²) in [5, 5.41) is 0. The Morgan fingerprint density at radius 2 is 1.75 bits per heavy atom. The van der Waals surface area contributed by atoms with E-state index in [1.165, 1.54) is 10.5 Å². The van der Waals surface area contributed by atoms with E-state index in [2.05, 4.69) is 80.1 Å². The van der Waals surface area contributed by atoms with Crippen molar-refractivity contribution in [3.8, 4) is 0 Å². The van der Waals surface area contributed by atoms with Gasteiger partial charge in [0.1, 0.15) is 7.22 Å². The average molecular weight is 300 g/mol. The van der Waals surface area contributed by atoms with Gasteiger partial charge in [0.15, 0.2) is 0 Å². The molecule has 3 heteroatoms. The van der Waals surface area contributed by atoms with Gasteiger partial charge in [-0.15, -0.1) is 0 Å². The largest absolute Gasteiger partial charge is 0.256 e. The molecule has 0 spiro atoms. The molecule has 104 valence electrons. The maximum absolute atomic E-state index is 4.59. The molecule has 2 aromatic carbocycles. The molecule has 0 saturated heterocycles. The molecule has 2 rings (SSSR count). The lowest BCUT2D eigenvalue weighted by Gasteiger charge is -2.15. The van der Waals surface area contributed by atoms with Crippen LogP contribution in [0, 0.1) is 6.92 Å². The van der Waals surface area contributed by atoms with Crippen molar-refractivity contribution in [2.75, 3.05) is 0 Å². The summed E-state index contributed by atoms with van der Waals surface area (Å²) in [5.41, 5.74) is 3.43. The highest BCUT2D eigenvalue weighted by Crippen LogP contribution is 2.31. The molecule has 0 heterocycles. The van der Waals surface area contributed by atoms with Crippen molar-refractivity contribution in [2.24, 2.45) is 4.99 Å². The van der Waals surface area contributed by atoms with Crippen LogP contribution in [-0.2, 0) is 0 Å². The Morgan fingerprint density at radius 3 is 2.45 bits per heavy atom. The molecule has 1 nitrogen and oxygen atoms in total. The van der Waals surface area contributed by atoms with Gasteiger partial charge in [0.2, 0.25) is 0 Å². The van der Waals surface area contributed by atoms with Crippen molar-refractivity contribution in [3.05, 3.63) is 59.7 Å². The van der Waals surface area contributed by atoms with Crippen LogP contribution < -0.4 is 0 Å². The molecular weight excluding hydrogens is 278 g/mol. The lowest BCUT2D eigenvalue weighted by atomic mass is 10.1. The predicted octanol–water partition coefficient (Wildman–Crippen LogP) is 5.67. The lowest BCUT2D eigenvalue weighted by molar-refractivity contribution is 1.41. The Kier molecular flexibility index (Phi) is 4.84. The van der Waals surface area contributed by atoms with Gasteiger partial charge in [-0.1, -0.05) is 55.5 Å². The van der Waals surface area contributed by atoms with Crippen LogP contribution in [0.3, 0.4) is 0 Å². The van der Waals surface area contributed by atoms with E-state index in [1.807, 2.05) is 17.4 Å². The summed E-state index contributed by atoms with van der Waals surface area (Å²) in [6.45, 7) is 9.18. The lowest BCUT2D eigenvalue weighted by Crippen LogP contribution is -2.13. The molecule has 0 aromatic heterocycles. The first-order valence-electron chi connectivity index (χ1n) is 6.82. The minimum absolute atomic E-state index is 1.02. The van der Waals surface area contributed by atoms with Crippen LogP contribution in [0.5, 0.6) is 0 Å². The van der Waals surface area contributed by atoms with Crippen molar-refractivity contribution in [1.29, 1.82) is 0 Å². The zero-order chi connectivity index (χ0) is 14.6. The second-order valence-electron chi connectivity index (χ2n) is 5.88. The first-order valence-corrected chi connectivity index (χ1v) is 11.9. The summed E-state index contributed by atoms with van der Waals surface area (Å²) >= 11 is 2.00. The molecule has 0 aliphatic heterocycles. The third-order valence-corrected chi connectivity index (χ3v) is 6.29. The SMILES string of the molecule is Cc1cccc(/C=N/c2cccc(S[Si](C)(C)C)c2)c1. The maximum Gasteiger partial charge on any atom is 0.114 e. The fourth-order valence-electron chi connectivity index (χ4n) is 1.88. The molecular formula is C17H21NSSi. The highest BCUT2D eigenvalue weighted by Gasteiger charge is 2.14.